The number of oxime groups is 1. The molecule has 0 bridgehead atoms. The minimum Gasteiger partial charge on any atom is -0.409 e. The first kappa shape index (κ1) is 14.3. The van der Waals surface area contributed by atoms with Crippen LogP contribution < -0.4 is 16.4 Å². The van der Waals surface area contributed by atoms with Gasteiger partial charge in [-0.15, -0.1) is 0 Å². The molecule has 7 heteroatoms. The monoisotopic (exact) mass is 280 g/mol. The van der Waals surface area contributed by atoms with Gasteiger partial charge in [-0.25, -0.2) is 4.39 Å². The Labute approximate surface area is 115 Å². The summed E-state index contributed by atoms with van der Waals surface area (Å²) < 4.78 is 13.5. The molecule has 1 unspecified atom stereocenters. The van der Waals surface area contributed by atoms with E-state index in [4.69, 9.17) is 10.9 Å². The summed E-state index contributed by atoms with van der Waals surface area (Å²) in [5, 5.41) is 17.5. The van der Waals surface area contributed by atoms with E-state index in [1.165, 1.54) is 12.1 Å². The highest BCUT2D eigenvalue weighted by molar-refractivity contribution is 5.97. The lowest BCUT2D eigenvalue weighted by atomic mass is 10.1. The summed E-state index contributed by atoms with van der Waals surface area (Å²) in [5.41, 5.74) is 6.48. The van der Waals surface area contributed by atoms with Crippen molar-refractivity contribution >= 4 is 11.7 Å². The third-order valence-electron chi connectivity index (χ3n) is 3.22. The maximum absolute atomic E-state index is 13.5. The van der Waals surface area contributed by atoms with Gasteiger partial charge in [-0.2, -0.15) is 0 Å². The number of amidine groups is 1. The van der Waals surface area contributed by atoms with E-state index in [-0.39, 0.29) is 17.8 Å². The normalized spacial score (nSPS) is 19.8. The van der Waals surface area contributed by atoms with Crippen molar-refractivity contribution in [3.63, 3.8) is 0 Å². The molecule has 1 amide bonds. The van der Waals surface area contributed by atoms with Crippen molar-refractivity contribution in [3.8, 4) is 0 Å². The Kier molecular flexibility index (Phi) is 4.52. The average Bonchev–Trinajstić information content (AvgIpc) is 2.45. The van der Waals surface area contributed by atoms with Crippen molar-refractivity contribution in [1.82, 2.24) is 10.6 Å². The van der Waals surface area contributed by atoms with Gasteiger partial charge in [0.05, 0.1) is 0 Å². The topological polar surface area (TPSA) is 99.7 Å². The van der Waals surface area contributed by atoms with E-state index in [1.54, 1.807) is 6.07 Å². The van der Waals surface area contributed by atoms with E-state index in [1.807, 2.05) is 0 Å². The standard InChI is InChI=1S/C13H17FN4O2/c14-10-4-8(3-9(5-10)13(15)18-20)6-16-11-1-2-12(19)17-7-11/h3-5,11,16,20H,1-2,6-7H2,(H2,15,18)(H,17,19). The van der Waals surface area contributed by atoms with E-state index in [0.29, 0.717) is 30.6 Å². The molecule has 0 spiro atoms. The van der Waals surface area contributed by atoms with Crippen LogP contribution in [-0.4, -0.2) is 29.5 Å². The van der Waals surface area contributed by atoms with Gasteiger partial charge in [0.25, 0.3) is 0 Å². The van der Waals surface area contributed by atoms with Crippen molar-refractivity contribution in [2.45, 2.75) is 25.4 Å². The van der Waals surface area contributed by atoms with Gasteiger partial charge in [-0.05, 0) is 30.2 Å². The maximum Gasteiger partial charge on any atom is 0.220 e. The third kappa shape index (κ3) is 3.67. The zero-order valence-electron chi connectivity index (χ0n) is 10.9. The van der Waals surface area contributed by atoms with Crippen molar-refractivity contribution in [1.29, 1.82) is 0 Å². The second-order valence-corrected chi connectivity index (χ2v) is 4.75. The number of nitrogens with one attached hydrogen (secondary N) is 2. The zero-order valence-corrected chi connectivity index (χ0v) is 10.9. The number of rotatable bonds is 4. The Balaban J connectivity index is 1.99. The summed E-state index contributed by atoms with van der Waals surface area (Å²) in [6.45, 7) is 1.02. The van der Waals surface area contributed by atoms with Crippen LogP contribution in [0, 0.1) is 5.82 Å². The second-order valence-electron chi connectivity index (χ2n) is 4.75. The van der Waals surface area contributed by atoms with Gasteiger partial charge in [0.2, 0.25) is 5.91 Å². The lowest BCUT2D eigenvalue weighted by Gasteiger charge is -2.23. The van der Waals surface area contributed by atoms with Crippen LogP contribution in [0.3, 0.4) is 0 Å². The van der Waals surface area contributed by atoms with Gasteiger partial charge in [-0.3, -0.25) is 4.79 Å². The molecule has 0 radical (unpaired) electrons. The molecule has 0 aromatic heterocycles. The molecule has 108 valence electrons. The number of piperidine rings is 1. The number of nitrogens with zero attached hydrogens (tertiary/aromatic N) is 1. The number of carbonyl (C=O) groups excluding carboxylic acids is 1. The lowest BCUT2D eigenvalue weighted by molar-refractivity contribution is -0.122. The molecule has 6 nitrogen and oxygen atoms in total. The number of carbonyl (C=O) groups is 1. The Bertz CT molecular complexity index is 523. The quantitative estimate of drug-likeness (QED) is 0.276. The number of hydrogen-bond donors (Lipinski definition) is 4. The van der Waals surface area contributed by atoms with Crippen LogP contribution in [0.5, 0.6) is 0 Å². The Hall–Kier alpha value is -2.15. The first-order valence-corrected chi connectivity index (χ1v) is 6.36. The minimum atomic E-state index is -0.442. The number of nitrogens with two attached hydrogens (primary N) is 1. The molecule has 1 aromatic rings. The molecule has 1 atom stereocenters. The first-order chi connectivity index (χ1) is 9.58. The fraction of sp³-hybridized carbons (Fsp3) is 0.385. The first-order valence-electron chi connectivity index (χ1n) is 6.36. The number of benzene rings is 1. The maximum atomic E-state index is 13.5. The largest absolute Gasteiger partial charge is 0.409 e. The smallest absolute Gasteiger partial charge is 0.220 e. The molecule has 1 aliphatic heterocycles. The number of amides is 1. The van der Waals surface area contributed by atoms with Gasteiger partial charge in [-0.1, -0.05) is 5.16 Å². The summed E-state index contributed by atoms with van der Waals surface area (Å²) >= 11 is 0. The van der Waals surface area contributed by atoms with Crippen LogP contribution in [0.2, 0.25) is 0 Å². The van der Waals surface area contributed by atoms with Crippen molar-refractivity contribution in [3.05, 3.63) is 35.1 Å². The summed E-state index contributed by atoms with van der Waals surface area (Å²) in [6.07, 6.45) is 1.25. The molecule has 1 saturated heterocycles. The summed E-state index contributed by atoms with van der Waals surface area (Å²) in [7, 11) is 0. The Morgan fingerprint density at radius 2 is 2.35 bits per heavy atom. The summed E-state index contributed by atoms with van der Waals surface area (Å²) in [5.74, 6) is -0.512. The predicted octanol–water partition coefficient (Wildman–Crippen LogP) is 0.288. The average molecular weight is 280 g/mol. The van der Waals surface area contributed by atoms with Crippen LogP contribution >= 0.6 is 0 Å². The van der Waals surface area contributed by atoms with E-state index in [0.717, 1.165) is 6.42 Å². The molecular weight excluding hydrogens is 263 g/mol. The molecule has 1 fully saturated rings. The summed E-state index contributed by atoms with van der Waals surface area (Å²) in [6, 6.07) is 4.43. The van der Waals surface area contributed by atoms with Crippen molar-refractivity contribution in [2.75, 3.05) is 6.54 Å². The number of halogens is 1. The molecule has 2 rings (SSSR count). The van der Waals surface area contributed by atoms with E-state index < -0.39 is 5.82 Å². The van der Waals surface area contributed by atoms with Crippen LogP contribution in [0.1, 0.15) is 24.0 Å². The molecular formula is C13H17FN4O2. The van der Waals surface area contributed by atoms with Gasteiger partial charge in [0.15, 0.2) is 5.84 Å². The fourth-order valence-electron chi connectivity index (χ4n) is 2.13. The molecule has 1 aromatic carbocycles. The zero-order chi connectivity index (χ0) is 14.5. The SMILES string of the molecule is N/C(=N/O)c1cc(F)cc(CNC2CCC(=O)NC2)c1. The van der Waals surface area contributed by atoms with E-state index >= 15 is 0 Å². The van der Waals surface area contributed by atoms with Crippen molar-refractivity contribution in [2.24, 2.45) is 10.9 Å². The third-order valence-corrected chi connectivity index (χ3v) is 3.22. The highest BCUT2D eigenvalue weighted by Gasteiger charge is 2.17. The van der Waals surface area contributed by atoms with Gasteiger partial charge >= 0.3 is 0 Å². The van der Waals surface area contributed by atoms with Crippen LogP contribution in [0.4, 0.5) is 4.39 Å². The van der Waals surface area contributed by atoms with Gasteiger partial charge in [0.1, 0.15) is 5.82 Å². The van der Waals surface area contributed by atoms with Crippen LogP contribution in [0.15, 0.2) is 23.4 Å². The number of hydrogen-bond acceptors (Lipinski definition) is 4. The highest BCUT2D eigenvalue weighted by Crippen LogP contribution is 2.10. The van der Waals surface area contributed by atoms with Crippen LogP contribution in [0.25, 0.3) is 0 Å². The Morgan fingerprint density at radius 3 is 3.00 bits per heavy atom. The highest BCUT2D eigenvalue weighted by atomic mass is 19.1. The molecule has 1 aliphatic rings. The lowest BCUT2D eigenvalue weighted by Crippen LogP contribution is -2.45. The fourth-order valence-corrected chi connectivity index (χ4v) is 2.13. The predicted molar refractivity (Wildman–Crippen MR) is 71.8 cm³/mol. The van der Waals surface area contributed by atoms with E-state index in [9.17, 15) is 9.18 Å². The molecule has 1 heterocycles. The Morgan fingerprint density at radius 1 is 1.55 bits per heavy atom. The molecule has 0 aliphatic carbocycles. The van der Waals surface area contributed by atoms with Gasteiger partial charge < -0.3 is 21.6 Å². The van der Waals surface area contributed by atoms with Gasteiger partial charge in [0, 0.05) is 31.1 Å². The molecule has 0 saturated carbocycles. The molecule has 5 N–H and O–H groups in total. The minimum absolute atomic E-state index is 0.0584. The second kappa shape index (κ2) is 6.33. The van der Waals surface area contributed by atoms with E-state index in [2.05, 4.69) is 15.8 Å². The van der Waals surface area contributed by atoms with Crippen LogP contribution in [-0.2, 0) is 11.3 Å². The molecule has 20 heavy (non-hydrogen) atoms. The van der Waals surface area contributed by atoms with Crippen molar-refractivity contribution < 1.29 is 14.4 Å². The summed E-state index contributed by atoms with van der Waals surface area (Å²) in [4.78, 5) is 11.0.